The average molecular weight is 208 g/mol. The minimum Gasteiger partial charge on any atom is -0.350 e. The minimum atomic E-state index is 0.130. The largest absolute Gasteiger partial charge is 0.350 e. The van der Waals surface area contributed by atoms with Crippen LogP contribution in [0.25, 0.3) is 0 Å². The van der Waals surface area contributed by atoms with Gasteiger partial charge in [0, 0.05) is 24.7 Å². The maximum Gasteiger partial charge on any atom is 0.247 e. The van der Waals surface area contributed by atoms with E-state index in [2.05, 4.69) is 17.6 Å². The van der Waals surface area contributed by atoms with E-state index in [1.54, 1.807) is 0 Å². The normalized spacial score (nSPS) is 22.7. The first-order valence-electron chi connectivity index (χ1n) is 5.88. The molecule has 0 bridgehead atoms. The Morgan fingerprint density at radius 2 is 2.13 bits per heavy atom. The second-order valence-corrected chi connectivity index (χ2v) is 4.79. The first kappa shape index (κ1) is 10.7. The van der Waals surface area contributed by atoms with Gasteiger partial charge in [-0.3, -0.25) is 4.79 Å². The van der Waals surface area contributed by atoms with Crippen LogP contribution < -0.4 is 10.6 Å². The summed E-state index contributed by atoms with van der Waals surface area (Å²) in [5.41, 5.74) is 2.17. The van der Waals surface area contributed by atoms with E-state index < -0.39 is 0 Å². The third-order valence-corrected chi connectivity index (χ3v) is 3.76. The van der Waals surface area contributed by atoms with E-state index in [1.165, 1.54) is 24.8 Å². The van der Waals surface area contributed by atoms with Crippen molar-refractivity contribution in [1.82, 2.24) is 10.6 Å². The van der Waals surface area contributed by atoms with Gasteiger partial charge >= 0.3 is 0 Å². The Labute approximate surface area is 91.3 Å². The highest BCUT2D eigenvalue weighted by molar-refractivity contribution is 5.94. The quantitative estimate of drug-likeness (QED) is 0.684. The van der Waals surface area contributed by atoms with Crippen LogP contribution >= 0.6 is 0 Å². The van der Waals surface area contributed by atoms with E-state index in [-0.39, 0.29) is 5.91 Å². The molecule has 1 aliphatic carbocycles. The lowest BCUT2D eigenvalue weighted by molar-refractivity contribution is -0.118. The van der Waals surface area contributed by atoms with Crippen molar-refractivity contribution in [2.24, 2.45) is 5.92 Å². The summed E-state index contributed by atoms with van der Waals surface area (Å²) in [4.78, 5) is 11.8. The van der Waals surface area contributed by atoms with Crippen LogP contribution in [0.2, 0.25) is 0 Å². The van der Waals surface area contributed by atoms with Gasteiger partial charge in [-0.1, -0.05) is 6.42 Å². The Morgan fingerprint density at radius 1 is 1.47 bits per heavy atom. The van der Waals surface area contributed by atoms with E-state index in [4.69, 9.17) is 0 Å². The van der Waals surface area contributed by atoms with Crippen LogP contribution in [0.15, 0.2) is 11.1 Å². The van der Waals surface area contributed by atoms with Crippen LogP contribution in [0, 0.1) is 5.92 Å². The zero-order valence-electron chi connectivity index (χ0n) is 9.60. The summed E-state index contributed by atoms with van der Waals surface area (Å²) in [7, 11) is 0. The second kappa shape index (κ2) is 4.35. The third-order valence-electron chi connectivity index (χ3n) is 3.76. The van der Waals surface area contributed by atoms with Gasteiger partial charge < -0.3 is 10.6 Å². The van der Waals surface area contributed by atoms with Crippen molar-refractivity contribution in [3.8, 4) is 0 Å². The minimum absolute atomic E-state index is 0.130. The number of carbonyl (C=O) groups excluding carboxylic acids is 1. The van der Waals surface area contributed by atoms with Gasteiger partial charge in [-0.25, -0.2) is 0 Å². The molecule has 15 heavy (non-hydrogen) atoms. The van der Waals surface area contributed by atoms with Crippen molar-refractivity contribution in [2.45, 2.75) is 39.2 Å². The van der Waals surface area contributed by atoms with Gasteiger partial charge in [0.2, 0.25) is 5.91 Å². The maximum absolute atomic E-state index is 11.8. The molecule has 0 aromatic heterocycles. The van der Waals surface area contributed by atoms with Gasteiger partial charge in [0.15, 0.2) is 0 Å². The van der Waals surface area contributed by atoms with Crippen molar-refractivity contribution >= 4 is 5.91 Å². The summed E-state index contributed by atoms with van der Waals surface area (Å²) in [6.07, 6.45) is 3.88. The Balaban J connectivity index is 1.85. The van der Waals surface area contributed by atoms with Crippen LogP contribution in [0.5, 0.6) is 0 Å². The molecule has 2 fully saturated rings. The molecule has 0 aromatic carbocycles. The van der Waals surface area contributed by atoms with Gasteiger partial charge in [-0.05, 0) is 38.2 Å². The molecule has 1 heterocycles. The third kappa shape index (κ3) is 2.23. The molecular formula is C12H20N2O. The SMILES string of the molecule is CC(C(=O)NC(C)C1CCC1)=C1CNC1. The lowest BCUT2D eigenvalue weighted by Gasteiger charge is -2.32. The summed E-state index contributed by atoms with van der Waals surface area (Å²) in [5.74, 6) is 0.845. The van der Waals surface area contributed by atoms with Crippen molar-refractivity contribution in [2.75, 3.05) is 13.1 Å². The first-order chi connectivity index (χ1) is 7.18. The lowest BCUT2D eigenvalue weighted by atomic mass is 9.80. The molecule has 2 rings (SSSR count). The molecule has 1 amide bonds. The van der Waals surface area contributed by atoms with Crippen molar-refractivity contribution in [3.05, 3.63) is 11.1 Å². The lowest BCUT2D eigenvalue weighted by Crippen LogP contribution is -2.43. The van der Waals surface area contributed by atoms with Crippen LogP contribution in [0.1, 0.15) is 33.1 Å². The summed E-state index contributed by atoms with van der Waals surface area (Å²) in [5, 5.41) is 6.26. The smallest absolute Gasteiger partial charge is 0.247 e. The molecule has 0 aromatic rings. The number of hydrogen-bond donors (Lipinski definition) is 2. The Kier molecular flexibility index (Phi) is 3.10. The predicted octanol–water partition coefficient (Wildman–Crippen LogP) is 1.21. The molecule has 1 atom stereocenters. The Hall–Kier alpha value is -0.830. The van der Waals surface area contributed by atoms with E-state index in [0.717, 1.165) is 18.7 Å². The number of rotatable bonds is 3. The van der Waals surface area contributed by atoms with Crippen LogP contribution in [-0.4, -0.2) is 25.0 Å². The molecule has 3 nitrogen and oxygen atoms in total. The number of nitrogens with one attached hydrogen (secondary N) is 2. The second-order valence-electron chi connectivity index (χ2n) is 4.79. The monoisotopic (exact) mass is 208 g/mol. The summed E-state index contributed by atoms with van der Waals surface area (Å²) in [6, 6.07) is 0.342. The zero-order valence-corrected chi connectivity index (χ0v) is 9.60. The highest BCUT2D eigenvalue weighted by atomic mass is 16.1. The summed E-state index contributed by atoms with van der Waals surface area (Å²) < 4.78 is 0. The van der Waals surface area contributed by atoms with Gasteiger partial charge in [-0.2, -0.15) is 0 Å². The van der Waals surface area contributed by atoms with Crippen molar-refractivity contribution in [1.29, 1.82) is 0 Å². The van der Waals surface area contributed by atoms with E-state index in [0.29, 0.717) is 12.0 Å². The molecule has 1 aliphatic heterocycles. The molecule has 0 spiro atoms. The molecule has 0 radical (unpaired) electrons. The Morgan fingerprint density at radius 3 is 2.53 bits per heavy atom. The molecule has 2 aliphatic rings. The zero-order chi connectivity index (χ0) is 10.8. The molecule has 3 heteroatoms. The number of carbonyl (C=O) groups is 1. The van der Waals surface area contributed by atoms with E-state index >= 15 is 0 Å². The fraction of sp³-hybridized carbons (Fsp3) is 0.750. The average Bonchev–Trinajstić information content (AvgIpc) is 1.96. The van der Waals surface area contributed by atoms with E-state index in [9.17, 15) is 4.79 Å². The standard InChI is InChI=1S/C12H20N2O/c1-8(11-6-13-7-11)12(15)14-9(2)10-4-3-5-10/h9-10,13H,3-7H2,1-2H3,(H,14,15). The van der Waals surface area contributed by atoms with Crippen LogP contribution in [0.4, 0.5) is 0 Å². The molecule has 1 saturated heterocycles. The fourth-order valence-electron chi connectivity index (χ4n) is 2.05. The molecular weight excluding hydrogens is 188 g/mol. The first-order valence-corrected chi connectivity index (χ1v) is 5.88. The number of hydrogen-bond acceptors (Lipinski definition) is 2. The highest BCUT2D eigenvalue weighted by Crippen LogP contribution is 2.29. The van der Waals surface area contributed by atoms with Gasteiger partial charge in [0.1, 0.15) is 0 Å². The van der Waals surface area contributed by atoms with Crippen molar-refractivity contribution < 1.29 is 4.79 Å². The summed E-state index contributed by atoms with van der Waals surface area (Å²) in [6.45, 7) is 5.83. The Bertz CT molecular complexity index is 286. The van der Waals surface area contributed by atoms with Gasteiger partial charge in [0.25, 0.3) is 0 Å². The predicted molar refractivity (Wildman–Crippen MR) is 60.5 cm³/mol. The van der Waals surface area contributed by atoms with Crippen LogP contribution in [-0.2, 0) is 4.79 Å². The highest BCUT2D eigenvalue weighted by Gasteiger charge is 2.26. The maximum atomic E-state index is 11.8. The molecule has 1 unspecified atom stereocenters. The van der Waals surface area contributed by atoms with E-state index in [1.807, 2.05) is 6.92 Å². The summed E-state index contributed by atoms with van der Waals surface area (Å²) >= 11 is 0. The fourth-order valence-corrected chi connectivity index (χ4v) is 2.05. The van der Waals surface area contributed by atoms with Crippen molar-refractivity contribution in [3.63, 3.8) is 0 Å². The van der Waals surface area contributed by atoms with Crippen LogP contribution in [0.3, 0.4) is 0 Å². The number of amides is 1. The molecule has 84 valence electrons. The molecule has 2 N–H and O–H groups in total. The topological polar surface area (TPSA) is 41.1 Å². The van der Waals surface area contributed by atoms with Gasteiger partial charge in [-0.15, -0.1) is 0 Å². The van der Waals surface area contributed by atoms with Gasteiger partial charge in [0.05, 0.1) is 0 Å². The molecule has 1 saturated carbocycles.